The summed E-state index contributed by atoms with van der Waals surface area (Å²) in [5, 5.41) is 9.26. The van der Waals surface area contributed by atoms with E-state index in [1.807, 2.05) is 78.9 Å². The maximum atomic E-state index is 13.1. The topological polar surface area (TPSA) is 69.5 Å². The first kappa shape index (κ1) is 22.0. The molecule has 0 saturated carbocycles. The first-order valence-corrected chi connectivity index (χ1v) is 11.8. The number of rotatable bonds is 7. The number of fused-ring (bicyclic) bond motifs is 1. The largest absolute Gasteiger partial charge is 0.454 e. The summed E-state index contributed by atoms with van der Waals surface area (Å²) in [4.78, 5) is 14.8. The van der Waals surface area contributed by atoms with E-state index in [2.05, 4.69) is 14.8 Å². The molecule has 1 amide bonds. The van der Waals surface area contributed by atoms with Crippen LogP contribution in [0.4, 0.5) is 0 Å². The smallest absolute Gasteiger partial charge is 0.240 e. The van der Waals surface area contributed by atoms with E-state index in [4.69, 9.17) is 9.47 Å². The average molecular weight is 473 g/mol. The van der Waals surface area contributed by atoms with Crippen LogP contribution in [0.15, 0.2) is 84.0 Å². The number of amides is 1. The Labute approximate surface area is 202 Å². The molecule has 1 unspecified atom stereocenters. The second kappa shape index (κ2) is 9.61. The van der Waals surface area contributed by atoms with Gasteiger partial charge >= 0.3 is 0 Å². The Balaban J connectivity index is 1.55. The van der Waals surface area contributed by atoms with E-state index in [1.165, 1.54) is 11.8 Å². The predicted molar refractivity (Wildman–Crippen MR) is 131 cm³/mol. The number of nitrogens with zero attached hydrogens (tertiary/aromatic N) is 4. The maximum Gasteiger partial charge on any atom is 0.240 e. The Kier molecular flexibility index (Phi) is 6.22. The van der Waals surface area contributed by atoms with Gasteiger partial charge in [-0.2, -0.15) is 0 Å². The van der Waals surface area contributed by atoms with Gasteiger partial charge in [0, 0.05) is 19.7 Å². The summed E-state index contributed by atoms with van der Waals surface area (Å²) >= 11 is 1.41. The van der Waals surface area contributed by atoms with Crippen LogP contribution in [-0.4, -0.2) is 46.5 Å². The van der Waals surface area contributed by atoms with Crippen LogP contribution >= 0.6 is 11.8 Å². The Morgan fingerprint density at radius 2 is 1.68 bits per heavy atom. The number of ether oxygens (including phenoxy) is 2. The van der Waals surface area contributed by atoms with Crippen LogP contribution in [0.5, 0.6) is 11.5 Å². The molecule has 0 fully saturated rings. The molecule has 1 aliphatic rings. The van der Waals surface area contributed by atoms with Gasteiger partial charge in [0.15, 0.2) is 22.5 Å². The molecule has 1 atom stereocenters. The molecule has 34 heavy (non-hydrogen) atoms. The lowest BCUT2D eigenvalue weighted by molar-refractivity contribution is -0.128. The van der Waals surface area contributed by atoms with Gasteiger partial charge in [-0.1, -0.05) is 78.5 Å². The summed E-state index contributed by atoms with van der Waals surface area (Å²) in [5.41, 5.74) is 2.90. The highest BCUT2D eigenvalue weighted by atomic mass is 32.2. The van der Waals surface area contributed by atoms with E-state index in [0.29, 0.717) is 11.7 Å². The Bertz CT molecular complexity index is 1290. The third-order valence-electron chi connectivity index (χ3n) is 5.52. The number of carbonyl (C=O) groups excluding carboxylic acids is 1. The van der Waals surface area contributed by atoms with Crippen molar-refractivity contribution in [3.63, 3.8) is 0 Å². The van der Waals surface area contributed by atoms with Crippen molar-refractivity contribution < 1.29 is 14.3 Å². The van der Waals surface area contributed by atoms with E-state index in [-0.39, 0.29) is 12.7 Å². The van der Waals surface area contributed by atoms with Gasteiger partial charge in [0.25, 0.3) is 0 Å². The highest BCUT2D eigenvalue weighted by molar-refractivity contribution is 8.00. The summed E-state index contributed by atoms with van der Waals surface area (Å²) in [6.45, 7) is 0.751. The molecular formula is C26H24N4O3S. The minimum Gasteiger partial charge on any atom is -0.454 e. The van der Waals surface area contributed by atoms with Crippen LogP contribution in [0.2, 0.25) is 0 Å². The molecule has 1 aliphatic heterocycles. The van der Waals surface area contributed by atoms with Gasteiger partial charge in [0.05, 0.1) is 6.54 Å². The Morgan fingerprint density at radius 1 is 0.971 bits per heavy atom. The molecule has 172 valence electrons. The monoisotopic (exact) mass is 472 g/mol. The minimum atomic E-state index is -0.445. The summed E-state index contributed by atoms with van der Waals surface area (Å²) in [5.74, 6) is 2.21. The summed E-state index contributed by atoms with van der Waals surface area (Å²) < 4.78 is 13.1. The molecule has 1 aromatic heterocycles. The Morgan fingerprint density at radius 3 is 2.41 bits per heavy atom. The molecule has 0 aliphatic carbocycles. The second-order valence-electron chi connectivity index (χ2n) is 8.09. The molecule has 0 spiro atoms. The zero-order valence-corrected chi connectivity index (χ0v) is 19.7. The summed E-state index contributed by atoms with van der Waals surface area (Å²) in [6, 6.07) is 25.6. The van der Waals surface area contributed by atoms with Gasteiger partial charge in [-0.15, -0.1) is 10.2 Å². The first-order valence-electron chi connectivity index (χ1n) is 10.9. The second-order valence-corrected chi connectivity index (χ2v) is 9.16. The van der Waals surface area contributed by atoms with Crippen molar-refractivity contribution in [1.82, 2.24) is 19.7 Å². The van der Waals surface area contributed by atoms with Crippen molar-refractivity contribution in [2.75, 3.05) is 20.9 Å². The molecule has 7 nitrogen and oxygen atoms in total. The van der Waals surface area contributed by atoms with Crippen LogP contribution in [0.25, 0.3) is 11.4 Å². The number of likely N-dealkylation sites (N-methyl/N-ethyl adjacent to an activating group) is 1. The number of hydrogen-bond acceptors (Lipinski definition) is 6. The van der Waals surface area contributed by atoms with Crippen molar-refractivity contribution in [3.05, 3.63) is 90.0 Å². The molecule has 0 bridgehead atoms. The standard InChI is InChI=1S/C26H24N4O3S/c1-29(2)25(31)23(19-9-5-3-6-10-19)34-26-28-27-24(20-11-7-4-8-12-20)30(26)16-18-13-14-21-22(15-18)33-17-32-21/h3-15,23H,16-17H2,1-2H3. The molecule has 0 saturated heterocycles. The SMILES string of the molecule is CN(C)C(=O)C(Sc1nnc(-c2ccccc2)n1Cc1ccc2c(c1)OCO2)c1ccccc1. The predicted octanol–water partition coefficient (Wildman–Crippen LogP) is 4.64. The van der Waals surface area contributed by atoms with Crippen molar-refractivity contribution in [2.45, 2.75) is 17.0 Å². The molecule has 2 heterocycles. The summed E-state index contributed by atoms with van der Waals surface area (Å²) in [7, 11) is 3.54. The van der Waals surface area contributed by atoms with Gasteiger partial charge in [0.2, 0.25) is 12.7 Å². The maximum absolute atomic E-state index is 13.1. The van der Waals surface area contributed by atoms with E-state index in [1.54, 1.807) is 19.0 Å². The molecular weight excluding hydrogens is 448 g/mol. The fourth-order valence-corrected chi connectivity index (χ4v) is 4.95. The van der Waals surface area contributed by atoms with E-state index >= 15 is 0 Å². The number of carbonyl (C=O) groups is 1. The quantitative estimate of drug-likeness (QED) is 0.365. The van der Waals surface area contributed by atoms with Gasteiger partial charge in [-0.25, -0.2) is 0 Å². The van der Waals surface area contributed by atoms with Crippen LogP contribution in [0.1, 0.15) is 16.4 Å². The normalized spacial score (nSPS) is 13.0. The van der Waals surface area contributed by atoms with Crippen LogP contribution in [-0.2, 0) is 11.3 Å². The lowest BCUT2D eigenvalue weighted by Crippen LogP contribution is -2.27. The van der Waals surface area contributed by atoms with Crippen molar-refractivity contribution in [1.29, 1.82) is 0 Å². The van der Waals surface area contributed by atoms with Crippen molar-refractivity contribution in [2.24, 2.45) is 0 Å². The fraction of sp³-hybridized carbons (Fsp3) is 0.192. The number of aromatic nitrogens is 3. The lowest BCUT2D eigenvalue weighted by atomic mass is 10.1. The van der Waals surface area contributed by atoms with E-state index < -0.39 is 5.25 Å². The van der Waals surface area contributed by atoms with Crippen molar-refractivity contribution >= 4 is 17.7 Å². The highest BCUT2D eigenvalue weighted by Gasteiger charge is 2.27. The molecule has 4 aromatic rings. The first-order chi connectivity index (χ1) is 16.6. The molecule has 0 radical (unpaired) electrons. The Hall–Kier alpha value is -3.78. The van der Waals surface area contributed by atoms with Crippen LogP contribution in [0.3, 0.4) is 0 Å². The van der Waals surface area contributed by atoms with Gasteiger partial charge in [-0.3, -0.25) is 9.36 Å². The number of thioether (sulfide) groups is 1. The molecule has 0 N–H and O–H groups in total. The average Bonchev–Trinajstić information content (AvgIpc) is 3.50. The highest BCUT2D eigenvalue weighted by Crippen LogP contribution is 2.38. The lowest BCUT2D eigenvalue weighted by Gasteiger charge is -2.20. The fourth-order valence-electron chi connectivity index (χ4n) is 3.77. The minimum absolute atomic E-state index is 0.00455. The molecule has 8 heteroatoms. The van der Waals surface area contributed by atoms with Gasteiger partial charge in [-0.05, 0) is 23.3 Å². The number of benzene rings is 3. The van der Waals surface area contributed by atoms with Crippen molar-refractivity contribution in [3.8, 4) is 22.9 Å². The van der Waals surface area contributed by atoms with Crippen LogP contribution in [0, 0.1) is 0 Å². The van der Waals surface area contributed by atoms with E-state index in [0.717, 1.165) is 34.0 Å². The molecule has 3 aromatic carbocycles. The molecule has 5 rings (SSSR count). The third kappa shape index (κ3) is 4.49. The van der Waals surface area contributed by atoms with Crippen LogP contribution < -0.4 is 9.47 Å². The zero-order valence-electron chi connectivity index (χ0n) is 18.9. The van der Waals surface area contributed by atoms with Gasteiger partial charge < -0.3 is 14.4 Å². The zero-order chi connectivity index (χ0) is 23.5. The third-order valence-corrected chi connectivity index (χ3v) is 6.74. The summed E-state index contributed by atoms with van der Waals surface area (Å²) in [6.07, 6.45) is 0. The van der Waals surface area contributed by atoms with E-state index in [9.17, 15) is 4.79 Å². The van der Waals surface area contributed by atoms with Gasteiger partial charge in [0.1, 0.15) is 5.25 Å². The number of hydrogen-bond donors (Lipinski definition) is 0.